The van der Waals surface area contributed by atoms with Gasteiger partial charge in [0.2, 0.25) is 5.95 Å². The van der Waals surface area contributed by atoms with Gasteiger partial charge in [0.05, 0.1) is 31.7 Å². The van der Waals surface area contributed by atoms with Crippen molar-refractivity contribution in [2.75, 3.05) is 50.7 Å². The second-order valence-corrected chi connectivity index (χ2v) is 7.54. The lowest BCUT2D eigenvalue weighted by Gasteiger charge is -2.28. The van der Waals surface area contributed by atoms with Crippen LogP contribution < -0.4 is 20.3 Å². The van der Waals surface area contributed by atoms with Crippen molar-refractivity contribution in [3.63, 3.8) is 0 Å². The number of ether oxygens (including phenoxy) is 2. The number of nitrogens with one attached hydrogen (secondary N) is 5. The predicted octanol–water partition coefficient (Wildman–Crippen LogP) is 3.07. The van der Waals surface area contributed by atoms with Crippen LogP contribution in [0.1, 0.15) is 11.3 Å². The molecular formula is C24H30N8O2. The van der Waals surface area contributed by atoms with E-state index >= 15 is 0 Å². The van der Waals surface area contributed by atoms with Gasteiger partial charge >= 0.3 is 0 Å². The van der Waals surface area contributed by atoms with Crippen LogP contribution in [0.25, 0.3) is 0 Å². The third-order valence-electron chi connectivity index (χ3n) is 5.10. The normalized spacial score (nSPS) is 14.1. The lowest BCUT2D eigenvalue weighted by atomic mass is 10.1. The number of benzene rings is 1. The standard InChI is InChI=1S/C24H30N8O2/c1-16-4-6-18(7-5-16)29-23-22(33-3)21(30-24(31-23)32-10-12-34-13-11-32)20(27)14-17(15-25)19(26)8-9-28-2/h4-9,14-15,25-28H,10-13H2,1-3H3,(H,29,30,31)/b9-8-,17-14+,25-15?,26-19?,27-20?. The number of hydrogen-bond acceptors (Lipinski definition) is 10. The van der Waals surface area contributed by atoms with Gasteiger partial charge in [0.25, 0.3) is 0 Å². The highest BCUT2D eigenvalue weighted by atomic mass is 16.5. The minimum atomic E-state index is 0.00169. The average Bonchev–Trinajstić information content (AvgIpc) is 2.87. The Kier molecular flexibility index (Phi) is 8.47. The van der Waals surface area contributed by atoms with Crippen LogP contribution in [0.15, 0.2) is 48.2 Å². The monoisotopic (exact) mass is 462 g/mol. The van der Waals surface area contributed by atoms with Crippen molar-refractivity contribution in [2.45, 2.75) is 6.92 Å². The van der Waals surface area contributed by atoms with Crippen molar-refractivity contribution in [1.29, 1.82) is 16.2 Å². The van der Waals surface area contributed by atoms with E-state index in [-0.39, 0.29) is 22.7 Å². The minimum absolute atomic E-state index is 0.00169. The first-order chi connectivity index (χ1) is 16.5. The van der Waals surface area contributed by atoms with Crippen LogP contribution in [-0.2, 0) is 4.74 Å². The summed E-state index contributed by atoms with van der Waals surface area (Å²) >= 11 is 0. The van der Waals surface area contributed by atoms with E-state index < -0.39 is 0 Å². The smallest absolute Gasteiger partial charge is 0.228 e. The number of rotatable bonds is 10. The third kappa shape index (κ3) is 6.04. The molecule has 5 N–H and O–H groups in total. The maximum absolute atomic E-state index is 8.74. The quantitative estimate of drug-likeness (QED) is 0.341. The Morgan fingerprint density at radius 1 is 1.15 bits per heavy atom. The molecule has 10 nitrogen and oxygen atoms in total. The minimum Gasteiger partial charge on any atom is -0.491 e. The van der Waals surface area contributed by atoms with E-state index in [0.717, 1.165) is 17.5 Å². The lowest BCUT2D eigenvalue weighted by Crippen LogP contribution is -2.37. The molecule has 1 fully saturated rings. The summed E-state index contributed by atoms with van der Waals surface area (Å²) in [6.45, 7) is 4.40. The Labute approximate surface area is 199 Å². The highest BCUT2D eigenvalue weighted by Gasteiger charge is 2.23. The highest BCUT2D eigenvalue weighted by molar-refractivity contribution is 6.24. The number of anilines is 3. The van der Waals surface area contributed by atoms with Crippen LogP contribution in [0, 0.1) is 23.2 Å². The molecule has 0 radical (unpaired) electrons. The average molecular weight is 463 g/mol. The number of morpholine rings is 1. The molecule has 2 heterocycles. The van der Waals surface area contributed by atoms with Crippen molar-refractivity contribution < 1.29 is 9.47 Å². The van der Waals surface area contributed by atoms with Crippen LogP contribution in [0.2, 0.25) is 0 Å². The molecule has 3 rings (SSSR count). The second kappa shape index (κ2) is 11.7. The molecule has 0 amide bonds. The van der Waals surface area contributed by atoms with Gasteiger partial charge in [-0.1, -0.05) is 17.7 Å². The Bertz CT molecular complexity index is 1100. The summed E-state index contributed by atoms with van der Waals surface area (Å²) in [7, 11) is 3.23. The lowest BCUT2D eigenvalue weighted by molar-refractivity contribution is 0.122. The maximum atomic E-state index is 8.74. The van der Waals surface area contributed by atoms with Crippen LogP contribution in [0.5, 0.6) is 5.75 Å². The number of allylic oxidation sites excluding steroid dienone is 3. The summed E-state index contributed by atoms with van der Waals surface area (Å²) < 4.78 is 11.1. The van der Waals surface area contributed by atoms with E-state index in [9.17, 15) is 0 Å². The molecule has 2 aromatic rings. The molecule has 0 spiro atoms. The van der Waals surface area contributed by atoms with Gasteiger partial charge in [-0.15, -0.1) is 0 Å². The van der Waals surface area contributed by atoms with Gasteiger partial charge in [-0.3, -0.25) is 5.41 Å². The van der Waals surface area contributed by atoms with Crippen molar-refractivity contribution >= 4 is 35.1 Å². The Hall–Kier alpha value is -4.05. The molecule has 10 heteroatoms. The fraction of sp³-hybridized carbons (Fsp3) is 0.292. The zero-order valence-corrected chi connectivity index (χ0v) is 19.6. The molecule has 1 aliphatic rings. The van der Waals surface area contributed by atoms with Crippen LogP contribution in [0.3, 0.4) is 0 Å². The van der Waals surface area contributed by atoms with Gasteiger partial charge in [0, 0.05) is 37.6 Å². The Balaban J connectivity index is 2.07. The summed E-state index contributed by atoms with van der Waals surface area (Å²) in [6, 6.07) is 7.87. The van der Waals surface area contributed by atoms with Crippen LogP contribution >= 0.6 is 0 Å². The zero-order valence-electron chi connectivity index (χ0n) is 19.6. The molecule has 0 atom stereocenters. The molecule has 178 valence electrons. The molecule has 1 aromatic carbocycles. The first kappa shape index (κ1) is 24.6. The van der Waals surface area contributed by atoms with Crippen LogP contribution in [-0.4, -0.2) is 68.1 Å². The van der Waals surface area contributed by atoms with E-state index in [2.05, 4.69) is 15.6 Å². The summed E-state index contributed by atoms with van der Waals surface area (Å²) in [5, 5.41) is 30.7. The number of aryl methyl sites for hydroxylation is 1. The van der Waals surface area contributed by atoms with Crippen molar-refractivity contribution in [2.24, 2.45) is 0 Å². The first-order valence-electron chi connectivity index (χ1n) is 10.8. The number of methoxy groups -OCH3 is 1. The Morgan fingerprint density at radius 2 is 1.85 bits per heavy atom. The van der Waals surface area contributed by atoms with Crippen molar-refractivity contribution in [3.05, 3.63) is 59.4 Å². The molecule has 0 saturated carbocycles. The third-order valence-corrected chi connectivity index (χ3v) is 5.10. The molecule has 0 unspecified atom stereocenters. The van der Waals surface area contributed by atoms with Gasteiger partial charge in [-0.25, -0.2) is 4.98 Å². The highest BCUT2D eigenvalue weighted by Crippen LogP contribution is 2.32. The first-order valence-corrected chi connectivity index (χ1v) is 10.8. The zero-order chi connectivity index (χ0) is 24.5. The van der Waals surface area contributed by atoms with Crippen molar-refractivity contribution in [1.82, 2.24) is 15.3 Å². The largest absolute Gasteiger partial charge is 0.491 e. The maximum Gasteiger partial charge on any atom is 0.228 e. The molecular weight excluding hydrogens is 432 g/mol. The van der Waals surface area contributed by atoms with E-state index in [4.69, 9.17) is 30.7 Å². The van der Waals surface area contributed by atoms with Gasteiger partial charge in [-0.05, 0) is 37.4 Å². The fourth-order valence-electron chi connectivity index (χ4n) is 3.26. The summed E-state index contributed by atoms with van der Waals surface area (Å²) in [6.07, 6.45) is 5.58. The summed E-state index contributed by atoms with van der Waals surface area (Å²) in [4.78, 5) is 11.3. The number of aromatic nitrogens is 2. The van der Waals surface area contributed by atoms with E-state index in [1.54, 1.807) is 13.2 Å². The SMILES string of the molecule is CN/C=C\C(=N)/C(C=N)=C/C(=N)c1nc(N2CCOCC2)nc(Nc2ccc(C)cc2)c1OC. The molecule has 1 aromatic heterocycles. The summed E-state index contributed by atoms with van der Waals surface area (Å²) in [5.74, 6) is 1.19. The van der Waals surface area contributed by atoms with Crippen LogP contribution in [0.4, 0.5) is 17.5 Å². The van der Waals surface area contributed by atoms with Gasteiger partial charge in [-0.2, -0.15) is 4.98 Å². The fourth-order valence-corrected chi connectivity index (χ4v) is 3.26. The van der Waals surface area contributed by atoms with Gasteiger partial charge in [0.1, 0.15) is 5.69 Å². The van der Waals surface area contributed by atoms with Gasteiger partial charge < -0.3 is 35.8 Å². The van der Waals surface area contributed by atoms with E-state index in [1.807, 2.05) is 36.1 Å². The molecule has 1 saturated heterocycles. The van der Waals surface area contributed by atoms with E-state index in [1.165, 1.54) is 19.3 Å². The van der Waals surface area contributed by atoms with Crippen molar-refractivity contribution in [3.8, 4) is 5.75 Å². The van der Waals surface area contributed by atoms with Gasteiger partial charge in [0.15, 0.2) is 11.6 Å². The predicted molar refractivity (Wildman–Crippen MR) is 136 cm³/mol. The van der Waals surface area contributed by atoms with E-state index in [0.29, 0.717) is 43.8 Å². The second-order valence-electron chi connectivity index (χ2n) is 7.54. The topological polar surface area (TPSA) is 143 Å². The molecule has 34 heavy (non-hydrogen) atoms. The Morgan fingerprint density at radius 3 is 2.47 bits per heavy atom. The molecule has 0 aliphatic carbocycles. The molecule has 1 aliphatic heterocycles. The number of nitrogens with zero attached hydrogens (tertiary/aromatic N) is 3. The molecule has 0 bridgehead atoms. The summed E-state index contributed by atoms with van der Waals surface area (Å²) in [5.41, 5.74) is 2.57. The number of hydrogen-bond donors (Lipinski definition) is 5.